The molecule has 2 saturated heterocycles. The Kier molecular flexibility index (Phi) is 7.63. The molecule has 2 N–H and O–H groups in total. The average molecular weight is 580 g/mol. The summed E-state index contributed by atoms with van der Waals surface area (Å²) in [5.74, 6) is 1.91. The maximum absolute atomic E-state index is 13.3. The van der Waals surface area contributed by atoms with Crippen molar-refractivity contribution in [1.82, 2.24) is 14.7 Å². The van der Waals surface area contributed by atoms with Crippen LogP contribution in [0.15, 0.2) is 71.3 Å². The predicted octanol–water partition coefficient (Wildman–Crippen LogP) is 7.65. The number of amides is 3. The summed E-state index contributed by atoms with van der Waals surface area (Å²) in [6.45, 7) is 10.2. The number of furan rings is 1. The van der Waals surface area contributed by atoms with Crippen molar-refractivity contribution in [3.8, 4) is 5.69 Å². The van der Waals surface area contributed by atoms with Gasteiger partial charge in [0.05, 0.1) is 23.2 Å². The standard InChI is InChI=1S/C35H41N5O3/c1-22-9-11-27(12-10-22)40-32(21-31(38-40)35(3,4)5)37-34(42)36-26-8-6-7-24(18-26)17-25-19-28-13-14-29(20-25)39(28)33(41)30-15-16-43-23(30)2/h6-12,15-16,18,21,25,28-29H,13-14,17,19-20H2,1-5H3,(H2,36,37,42). The van der Waals surface area contributed by atoms with E-state index < -0.39 is 0 Å². The van der Waals surface area contributed by atoms with E-state index in [9.17, 15) is 9.59 Å². The number of carbonyl (C=O) groups is 2. The van der Waals surface area contributed by atoms with Gasteiger partial charge in [-0.25, -0.2) is 9.48 Å². The number of nitrogens with one attached hydrogen (secondary N) is 2. The third kappa shape index (κ3) is 6.10. The Hall–Kier alpha value is -4.33. The van der Waals surface area contributed by atoms with Crippen LogP contribution in [0.2, 0.25) is 0 Å². The van der Waals surface area contributed by atoms with E-state index in [1.807, 2.05) is 56.3 Å². The zero-order chi connectivity index (χ0) is 30.3. The lowest BCUT2D eigenvalue weighted by atomic mass is 9.85. The summed E-state index contributed by atoms with van der Waals surface area (Å²) < 4.78 is 7.18. The van der Waals surface area contributed by atoms with Crippen molar-refractivity contribution in [2.24, 2.45) is 5.92 Å². The Morgan fingerprint density at radius 3 is 2.33 bits per heavy atom. The molecule has 2 aliphatic heterocycles. The van der Waals surface area contributed by atoms with E-state index in [0.717, 1.165) is 54.7 Å². The minimum Gasteiger partial charge on any atom is -0.469 e. The first-order valence-corrected chi connectivity index (χ1v) is 15.3. The van der Waals surface area contributed by atoms with Gasteiger partial charge in [0.25, 0.3) is 5.91 Å². The Balaban J connectivity index is 1.11. The molecule has 8 nitrogen and oxygen atoms in total. The fourth-order valence-electron chi connectivity index (χ4n) is 6.64. The zero-order valence-corrected chi connectivity index (χ0v) is 25.7. The Labute approximate surface area is 253 Å². The zero-order valence-electron chi connectivity index (χ0n) is 25.7. The number of urea groups is 1. The van der Waals surface area contributed by atoms with Crippen LogP contribution >= 0.6 is 0 Å². The molecule has 6 rings (SSSR count). The molecule has 2 unspecified atom stereocenters. The van der Waals surface area contributed by atoms with Gasteiger partial charge in [-0.15, -0.1) is 0 Å². The van der Waals surface area contributed by atoms with Gasteiger partial charge in [-0.1, -0.05) is 50.6 Å². The topological polar surface area (TPSA) is 92.4 Å². The minimum absolute atomic E-state index is 0.104. The predicted molar refractivity (Wildman–Crippen MR) is 169 cm³/mol. The van der Waals surface area contributed by atoms with Crippen LogP contribution in [0, 0.1) is 19.8 Å². The third-order valence-corrected chi connectivity index (χ3v) is 8.86. The van der Waals surface area contributed by atoms with E-state index in [2.05, 4.69) is 48.4 Å². The van der Waals surface area contributed by atoms with Crippen LogP contribution < -0.4 is 10.6 Å². The maximum atomic E-state index is 13.3. The number of aryl methyl sites for hydroxylation is 2. The lowest BCUT2D eigenvalue weighted by Gasteiger charge is -2.39. The lowest BCUT2D eigenvalue weighted by Crippen LogP contribution is -2.47. The van der Waals surface area contributed by atoms with Crippen LogP contribution in [-0.2, 0) is 11.8 Å². The number of hydrogen-bond donors (Lipinski definition) is 2. The van der Waals surface area contributed by atoms with Crippen molar-refractivity contribution in [3.63, 3.8) is 0 Å². The molecule has 0 spiro atoms. The second-order valence-corrected chi connectivity index (χ2v) is 13.2. The highest BCUT2D eigenvalue weighted by atomic mass is 16.3. The summed E-state index contributed by atoms with van der Waals surface area (Å²) in [6.07, 6.45) is 6.63. The quantitative estimate of drug-likeness (QED) is 0.245. The molecule has 8 heteroatoms. The number of nitrogens with zero attached hydrogens (tertiary/aromatic N) is 3. The Morgan fingerprint density at radius 2 is 1.67 bits per heavy atom. The molecule has 2 atom stereocenters. The van der Waals surface area contributed by atoms with E-state index in [4.69, 9.17) is 9.52 Å². The third-order valence-electron chi connectivity index (χ3n) is 8.86. The van der Waals surface area contributed by atoms with E-state index in [0.29, 0.717) is 23.1 Å². The van der Waals surface area contributed by atoms with Crippen LogP contribution in [0.5, 0.6) is 0 Å². The van der Waals surface area contributed by atoms with Gasteiger partial charge >= 0.3 is 6.03 Å². The second kappa shape index (κ2) is 11.4. The monoisotopic (exact) mass is 579 g/mol. The van der Waals surface area contributed by atoms with Gasteiger partial charge in [-0.2, -0.15) is 5.10 Å². The fraction of sp³-hybridized carbons (Fsp3) is 0.400. The Morgan fingerprint density at radius 1 is 0.953 bits per heavy atom. The summed E-state index contributed by atoms with van der Waals surface area (Å²) in [6, 6.07) is 20.1. The van der Waals surface area contributed by atoms with Crippen molar-refractivity contribution in [1.29, 1.82) is 0 Å². The summed E-state index contributed by atoms with van der Waals surface area (Å²) in [5, 5.41) is 10.9. The van der Waals surface area contributed by atoms with Crippen molar-refractivity contribution in [2.75, 3.05) is 10.6 Å². The van der Waals surface area contributed by atoms with Crippen molar-refractivity contribution >= 4 is 23.4 Å². The van der Waals surface area contributed by atoms with Gasteiger partial charge in [0, 0.05) is 29.3 Å². The smallest absolute Gasteiger partial charge is 0.324 e. The van der Waals surface area contributed by atoms with Gasteiger partial charge in [0.15, 0.2) is 0 Å². The molecule has 2 aromatic carbocycles. The van der Waals surface area contributed by atoms with Crippen LogP contribution in [0.25, 0.3) is 5.69 Å². The second-order valence-electron chi connectivity index (χ2n) is 13.2. The molecule has 4 aromatic rings. The summed E-state index contributed by atoms with van der Waals surface area (Å²) >= 11 is 0. The molecule has 4 heterocycles. The normalized spacial score (nSPS) is 19.8. The average Bonchev–Trinajstić information content (AvgIpc) is 3.65. The lowest BCUT2D eigenvalue weighted by molar-refractivity contribution is 0.0523. The van der Waals surface area contributed by atoms with Crippen LogP contribution in [0.1, 0.15) is 79.4 Å². The number of carbonyl (C=O) groups excluding carboxylic acids is 2. The molecule has 2 aromatic heterocycles. The summed E-state index contributed by atoms with van der Waals surface area (Å²) in [4.78, 5) is 28.6. The number of piperidine rings is 1. The highest BCUT2D eigenvalue weighted by molar-refractivity contribution is 5.99. The molecule has 0 radical (unpaired) electrons. The fourth-order valence-corrected chi connectivity index (χ4v) is 6.64. The molecule has 3 amide bonds. The Bertz CT molecular complexity index is 1610. The maximum Gasteiger partial charge on any atom is 0.324 e. The van der Waals surface area contributed by atoms with Gasteiger partial charge in [0.2, 0.25) is 0 Å². The number of hydrogen-bond acceptors (Lipinski definition) is 4. The number of benzene rings is 2. The molecular formula is C35H41N5O3. The molecule has 2 fully saturated rings. The van der Waals surface area contributed by atoms with Gasteiger partial charge in [-0.05, 0) is 87.8 Å². The first-order chi connectivity index (χ1) is 20.5. The highest BCUT2D eigenvalue weighted by Gasteiger charge is 2.43. The van der Waals surface area contributed by atoms with Crippen molar-refractivity contribution in [3.05, 3.63) is 95.1 Å². The number of fused-ring (bicyclic) bond motifs is 2. The van der Waals surface area contributed by atoms with Crippen LogP contribution in [-0.4, -0.2) is 38.7 Å². The number of rotatable bonds is 6. The molecule has 43 heavy (non-hydrogen) atoms. The molecular weight excluding hydrogens is 538 g/mol. The number of anilines is 2. The van der Waals surface area contributed by atoms with Crippen LogP contribution in [0.3, 0.4) is 0 Å². The van der Waals surface area contributed by atoms with E-state index in [-0.39, 0.29) is 29.4 Å². The van der Waals surface area contributed by atoms with Crippen molar-refractivity contribution < 1.29 is 14.0 Å². The summed E-state index contributed by atoms with van der Waals surface area (Å²) in [7, 11) is 0. The van der Waals surface area contributed by atoms with Gasteiger partial charge in [0.1, 0.15) is 11.6 Å². The molecule has 0 aliphatic carbocycles. The molecule has 2 aliphatic rings. The van der Waals surface area contributed by atoms with Crippen molar-refractivity contribution in [2.45, 2.75) is 84.2 Å². The van der Waals surface area contributed by atoms with Crippen LogP contribution in [0.4, 0.5) is 16.3 Å². The molecule has 0 saturated carbocycles. The number of aromatic nitrogens is 2. The largest absolute Gasteiger partial charge is 0.469 e. The first-order valence-electron chi connectivity index (χ1n) is 15.3. The van der Waals surface area contributed by atoms with E-state index in [1.165, 1.54) is 5.56 Å². The molecule has 224 valence electrons. The minimum atomic E-state index is -0.315. The SMILES string of the molecule is Cc1ccc(-n2nc(C(C)(C)C)cc2NC(=O)Nc2cccc(CC3CC4CCC(C3)N4C(=O)c3ccoc3C)c2)cc1. The van der Waals surface area contributed by atoms with E-state index in [1.54, 1.807) is 17.0 Å². The first kappa shape index (κ1) is 28.8. The van der Waals surface area contributed by atoms with Gasteiger partial charge < -0.3 is 14.6 Å². The molecule has 2 bridgehead atoms. The van der Waals surface area contributed by atoms with Gasteiger partial charge in [-0.3, -0.25) is 10.1 Å². The van der Waals surface area contributed by atoms with E-state index >= 15 is 0 Å². The highest BCUT2D eigenvalue weighted by Crippen LogP contribution is 2.41. The summed E-state index contributed by atoms with van der Waals surface area (Å²) in [5.41, 5.74) is 5.40.